The van der Waals surface area contributed by atoms with Crippen LogP contribution in [0.1, 0.15) is 11.8 Å². The molecule has 0 bridgehead atoms. The maximum Gasteiger partial charge on any atom is 0.232 e. The van der Waals surface area contributed by atoms with E-state index in [1.54, 1.807) is 4.68 Å². The number of aromatic nitrogens is 4. The van der Waals surface area contributed by atoms with E-state index in [4.69, 9.17) is 4.52 Å². The molecule has 6 nitrogen and oxygen atoms in total. The van der Waals surface area contributed by atoms with Crippen molar-refractivity contribution < 1.29 is 4.52 Å². The van der Waals surface area contributed by atoms with Gasteiger partial charge in [-0.3, -0.25) is 4.68 Å². The zero-order chi connectivity index (χ0) is 12.5. The molecule has 0 saturated carbocycles. The van der Waals surface area contributed by atoms with Gasteiger partial charge in [0, 0.05) is 30.8 Å². The van der Waals surface area contributed by atoms with Crippen LogP contribution in [-0.4, -0.2) is 44.5 Å². The fourth-order valence-electron chi connectivity index (χ4n) is 2.11. The van der Waals surface area contributed by atoms with Crippen LogP contribution in [0.3, 0.4) is 0 Å². The number of hydrogen-bond acceptors (Lipinski definition) is 6. The number of nitrogens with one attached hydrogen (secondary N) is 1. The first-order valence-electron chi connectivity index (χ1n) is 5.86. The van der Waals surface area contributed by atoms with Crippen molar-refractivity contribution in [3.05, 3.63) is 18.2 Å². The third kappa shape index (κ3) is 2.04. The molecule has 1 aliphatic heterocycles. The normalized spacial score (nSPS) is 23.7. The molecule has 7 heteroatoms. The molecular formula is C11H15N5OS. The zero-order valence-corrected chi connectivity index (χ0v) is 11.1. The molecule has 0 radical (unpaired) electrons. The van der Waals surface area contributed by atoms with Gasteiger partial charge in [-0.05, 0) is 13.1 Å². The Balaban J connectivity index is 1.85. The average Bonchev–Trinajstić information content (AvgIpc) is 3.07. The SMILES string of the molecule is CNC1CSCC1c1nc(-c2ccn(C)n2)no1. The summed E-state index contributed by atoms with van der Waals surface area (Å²) in [6.07, 6.45) is 1.87. The summed E-state index contributed by atoms with van der Waals surface area (Å²) >= 11 is 1.91. The Morgan fingerprint density at radius 1 is 1.50 bits per heavy atom. The third-order valence-electron chi connectivity index (χ3n) is 3.15. The van der Waals surface area contributed by atoms with E-state index in [9.17, 15) is 0 Å². The van der Waals surface area contributed by atoms with Crippen molar-refractivity contribution in [1.82, 2.24) is 25.2 Å². The van der Waals surface area contributed by atoms with Crippen LogP contribution >= 0.6 is 11.8 Å². The second kappa shape index (κ2) is 4.74. The van der Waals surface area contributed by atoms with Gasteiger partial charge < -0.3 is 9.84 Å². The Morgan fingerprint density at radius 3 is 3.11 bits per heavy atom. The zero-order valence-electron chi connectivity index (χ0n) is 10.3. The van der Waals surface area contributed by atoms with Gasteiger partial charge in [-0.25, -0.2) is 0 Å². The third-order valence-corrected chi connectivity index (χ3v) is 4.34. The molecule has 1 saturated heterocycles. The summed E-state index contributed by atoms with van der Waals surface area (Å²) in [5, 5.41) is 11.6. The summed E-state index contributed by atoms with van der Waals surface area (Å²) in [5.74, 6) is 3.68. The van der Waals surface area contributed by atoms with Crippen molar-refractivity contribution >= 4 is 11.8 Å². The van der Waals surface area contributed by atoms with Crippen LogP contribution in [0.25, 0.3) is 11.5 Å². The van der Waals surface area contributed by atoms with Crippen LogP contribution in [0.15, 0.2) is 16.8 Å². The summed E-state index contributed by atoms with van der Waals surface area (Å²) in [7, 11) is 3.84. The Hall–Kier alpha value is -1.34. The first-order chi connectivity index (χ1) is 8.78. The molecule has 1 N–H and O–H groups in total. The second-order valence-electron chi connectivity index (χ2n) is 4.37. The molecule has 0 spiro atoms. The molecule has 96 valence electrons. The Labute approximate surface area is 109 Å². The highest BCUT2D eigenvalue weighted by Gasteiger charge is 2.32. The monoisotopic (exact) mass is 265 g/mol. The number of hydrogen-bond donors (Lipinski definition) is 1. The average molecular weight is 265 g/mol. The van der Waals surface area contributed by atoms with Gasteiger partial charge in [0.15, 0.2) is 0 Å². The van der Waals surface area contributed by atoms with E-state index in [-0.39, 0.29) is 0 Å². The maximum absolute atomic E-state index is 5.38. The number of rotatable bonds is 3. The first kappa shape index (κ1) is 11.7. The van der Waals surface area contributed by atoms with Gasteiger partial charge in [-0.2, -0.15) is 21.8 Å². The quantitative estimate of drug-likeness (QED) is 0.889. The molecule has 2 unspecified atom stereocenters. The number of nitrogens with zero attached hydrogens (tertiary/aromatic N) is 4. The summed E-state index contributed by atoms with van der Waals surface area (Å²) < 4.78 is 7.11. The minimum atomic E-state index is 0.296. The van der Waals surface area contributed by atoms with Gasteiger partial charge in [0.2, 0.25) is 11.7 Å². The lowest BCUT2D eigenvalue weighted by Gasteiger charge is -2.13. The van der Waals surface area contributed by atoms with E-state index in [0.717, 1.165) is 17.2 Å². The molecule has 18 heavy (non-hydrogen) atoms. The van der Waals surface area contributed by atoms with Crippen LogP contribution in [-0.2, 0) is 7.05 Å². The molecule has 0 aromatic carbocycles. The van der Waals surface area contributed by atoms with E-state index in [0.29, 0.717) is 23.7 Å². The van der Waals surface area contributed by atoms with E-state index < -0.39 is 0 Å². The van der Waals surface area contributed by atoms with Crippen LogP contribution in [0.2, 0.25) is 0 Å². The van der Waals surface area contributed by atoms with Gasteiger partial charge in [0.25, 0.3) is 0 Å². The maximum atomic E-state index is 5.38. The molecule has 3 heterocycles. The minimum Gasteiger partial charge on any atom is -0.339 e. The van der Waals surface area contributed by atoms with Crippen LogP contribution in [0.5, 0.6) is 0 Å². The number of likely N-dealkylation sites (N-methyl/N-ethyl adjacent to an activating group) is 1. The Kier molecular flexibility index (Phi) is 3.09. The molecule has 0 amide bonds. The standard InChI is InChI=1S/C11H15N5OS/c1-12-9-6-18-5-7(9)11-13-10(15-17-11)8-3-4-16(2)14-8/h3-4,7,9,12H,5-6H2,1-2H3. The lowest BCUT2D eigenvalue weighted by atomic mass is 10.0. The lowest BCUT2D eigenvalue weighted by Crippen LogP contribution is -2.31. The number of aryl methyl sites for hydroxylation is 1. The highest BCUT2D eigenvalue weighted by Crippen LogP contribution is 2.32. The van der Waals surface area contributed by atoms with Crippen molar-refractivity contribution in [1.29, 1.82) is 0 Å². The van der Waals surface area contributed by atoms with Crippen molar-refractivity contribution in [2.45, 2.75) is 12.0 Å². The molecule has 1 fully saturated rings. The molecule has 2 aromatic heterocycles. The van der Waals surface area contributed by atoms with Gasteiger partial charge in [-0.15, -0.1) is 0 Å². The van der Waals surface area contributed by atoms with Crippen LogP contribution < -0.4 is 5.32 Å². The molecule has 1 aliphatic rings. The highest BCUT2D eigenvalue weighted by molar-refractivity contribution is 7.99. The summed E-state index contributed by atoms with van der Waals surface area (Å²) in [4.78, 5) is 4.47. The molecule has 3 rings (SSSR count). The summed E-state index contributed by atoms with van der Waals surface area (Å²) in [6, 6.07) is 2.29. The van der Waals surface area contributed by atoms with Gasteiger partial charge >= 0.3 is 0 Å². The summed E-state index contributed by atoms with van der Waals surface area (Å²) in [6.45, 7) is 0. The molecule has 0 aliphatic carbocycles. The van der Waals surface area contributed by atoms with Crippen molar-refractivity contribution in [3.8, 4) is 11.5 Å². The summed E-state index contributed by atoms with van der Waals surface area (Å²) in [5.41, 5.74) is 0.749. The topological polar surface area (TPSA) is 68.8 Å². The first-order valence-corrected chi connectivity index (χ1v) is 7.02. The van der Waals surface area contributed by atoms with Crippen molar-refractivity contribution in [2.24, 2.45) is 7.05 Å². The Morgan fingerprint density at radius 2 is 2.39 bits per heavy atom. The largest absolute Gasteiger partial charge is 0.339 e. The molecule has 2 atom stereocenters. The fourth-order valence-corrected chi connectivity index (χ4v) is 3.52. The predicted octanol–water partition coefficient (Wildman–Crippen LogP) is 0.888. The van der Waals surface area contributed by atoms with Crippen LogP contribution in [0, 0.1) is 0 Å². The van der Waals surface area contributed by atoms with Crippen molar-refractivity contribution in [3.63, 3.8) is 0 Å². The minimum absolute atomic E-state index is 0.296. The Bertz CT molecular complexity index is 537. The van der Waals surface area contributed by atoms with Gasteiger partial charge in [-0.1, -0.05) is 5.16 Å². The smallest absolute Gasteiger partial charge is 0.232 e. The van der Waals surface area contributed by atoms with E-state index in [1.165, 1.54) is 0 Å². The van der Waals surface area contributed by atoms with E-state index >= 15 is 0 Å². The van der Waals surface area contributed by atoms with Crippen LogP contribution in [0.4, 0.5) is 0 Å². The lowest BCUT2D eigenvalue weighted by molar-refractivity contribution is 0.344. The number of thioether (sulfide) groups is 1. The predicted molar refractivity (Wildman–Crippen MR) is 69.4 cm³/mol. The van der Waals surface area contributed by atoms with Gasteiger partial charge in [0.1, 0.15) is 5.69 Å². The van der Waals surface area contributed by atoms with Gasteiger partial charge in [0.05, 0.1) is 5.92 Å². The molecule has 2 aromatic rings. The van der Waals surface area contributed by atoms with Crippen molar-refractivity contribution in [2.75, 3.05) is 18.6 Å². The van der Waals surface area contributed by atoms with E-state index in [2.05, 4.69) is 20.6 Å². The molecular weight excluding hydrogens is 250 g/mol. The van der Waals surface area contributed by atoms with E-state index in [1.807, 2.05) is 38.1 Å². The highest BCUT2D eigenvalue weighted by atomic mass is 32.2. The fraction of sp³-hybridized carbons (Fsp3) is 0.545. The second-order valence-corrected chi connectivity index (χ2v) is 5.44.